The summed E-state index contributed by atoms with van der Waals surface area (Å²) in [5.74, 6) is -0.0500. The van der Waals surface area contributed by atoms with E-state index in [9.17, 15) is 4.79 Å². The average molecular weight is 563 g/mol. The Hall–Kier alpha value is -0.210. The van der Waals surface area contributed by atoms with Gasteiger partial charge in [-0.3, -0.25) is 4.79 Å². The molecule has 2 rings (SSSR count). The number of ether oxygens (including phenoxy) is 1. The van der Waals surface area contributed by atoms with Crippen molar-refractivity contribution < 1.29 is 9.53 Å². The van der Waals surface area contributed by atoms with Crippen LogP contribution in [0.4, 0.5) is 5.69 Å². The summed E-state index contributed by atoms with van der Waals surface area (Å²) in [6, 6.07) is 5.55. The molecule has 0 unspecified atom stereocenters. The van der Waals surface area contributed by atoms with E-state index < -0.39 is 0 Å². The van der Waals surface area contributed by atoms with Crippen molar-refractivity contribution in [3.05, 3.63) is 52.4 Å². The Morgan fingerprint density at radius 2 is 1.75 bits per heavy atom. The number of carbonyl (C=O) groups is 1. The van der Waals surface area contributed by atoms with E-state index in [0.717, 1.165) is 8.04 Å². The maximum atomic E-state index is 12.1. The van der Waals surface area contributed by atoms with Crippen molar-refractivity contribution >= 4 is 84.9 Å². The van der Waals surface area contributed by atoms with Crippen molar-refractivity contribution in [2.75, 3.05) is 11.9 Å². The molecule has 1 N–H and O–H groups in total. The summed E-state index contributed by atoms with van der Waals surface area (Å²) in [6.45, 7) is 3.32. The van der Waals surface area contributed by atoms with Crippen molar-refractivity contribution in [3.8, 4) is 5.75 Å². The zero-order valence-corrected chi connectivity index (χ0v) is 18.7. The molecule has 8 heteroatoms. The SMILES string of the molecule is Cc1c(Cl)c(C)c(Cl)c(OCC(=O)Nc2ccc(Br)cc2I)c1Cl. The highest BCUT2D eigenvalue weighted by molar-refractivity contribution is 14.1. The van der Waals surface area contributed by atoms with Gasteiger partial charge >= 0.3 is 0 Å². The van der Waals surface area contributed by atoms with Crippen LogP contribution in [0.3, 0.4) is 0 Å². The number of anilines is 1. The molecule has 0 saturated heterocycles. The number of nitrogens with one attached hydrogen (secondary N) is 1. The lowest BCUT2D eigenvalue weighted by molar-refractivity contribution is -0.118. The van der Waals surface area contributed by atoms with Gasteiger partial charge in [0.25, 0.3) is 5.91 Å². The largest absolute Gasteiger partial charge is 0.481 e. The second-order valence-corrected chi connectivity index (χ2v) is 8.19. The van der Waals surface area contributed by atoms with Gasteiger partial charge in [-0.25, -0.2) is 0 Å². The summed E-state index contributed by atoms with van der Waals surface area (Å²) in [4.78, 5) is 12.1. The number of halogens is 5. The second kappa shape index (κ2) is 8.45. The van der Waals surface area contributed by atoms with Crippen LogP contribution in [-0.4, -0.2) is 12.5 Å². The van der Waals surface area contributed by atoms with Crippen LogP contribution in [0.15, 0.2) is 22.7 Å². The van der Waals surface area contributed by atoms with Crippen molar-refractivity contribution in [1.82, 2.24) is 0 Å². The van der Waals surface area contributed by atoms with Gasteiger partial charge in [0.2, 0.25) is 0 Å². The molecule has 128 valence electrons. The zero-order valence-electron chi connectivity index (χ0n) is 12.6. The third-order valence-corrected chi connectivity index (χ3v) is 6.13. The molecule has 0 aliphatic rings. The van der Waals surface area contributed by atoms with Crippen LogP contribution in [-0.2, 0) is 4.79 Å². The molecule has 2 aromatic rings. The first kappa shape index (κ1) is 20.1. The van der Waals surface area contributed by atoms with Crippen molar-refractivity contribution in [1.29, 1.82) is 0 Å². The second-order valence-electron chi connectivity index (χ2n) is 4.98. The summed E-state index contributed by atoms with van der Waals surface area (Å²) < 4.78 is 7.38. The normalized spacial score (nSPS) is 10.6. The van der Waals surface area contributed by atoms with Crippen LogP contribution in [0.25, 0.3) is 0 Å². The van der Waals surface area contributed by atoms with Gasteiger partial charge < -0.3 is 10.1 Å². The van der Waals surface area contributed by atoms with Gasteiger partial charge in [0, 0.05) is 13.1 Å². The Kier molecular flexibility index (Phi) is 7.08. The number of rotatable bonds is 4. The zero-order chi connectivity index (χ0) is 18.0. The fraction of sp³-hybridized carbons (Fsp3) is 0.188. The van der Waals surface area contributed by atoms with Gasteiger partial charge in [-0.2, -0.15) is 0 Å². The topological polar surface area (TPSA) is 38.3 Å². The number of benzene rings is 2. The summed E-state index contributed by atoms with van der Waals surface area (Å²) in [5.41, 5.74) is 2.03. The van der Waals surface area contributed by atoms with E-state index in [1.807, 2.05) is 12.1 Å². The molecule has 3 nitrogen and oxygen atoms in total. The highest BCUT2D eigenvalue weighted by Crippen LogP contribution is 2.42. The van der Waals surface area contributed by atoms with Gasteiger partial charge in [-0.1, -0.05) is 50.7 Å². The molecule has 0 aliphatic heterocycles. The molecule has 0 aromatic heterocycles. The molecule has 0 heterocycles. The van der Waals surface area contributed by atoms with E-state index in [2.05, 4.69) is 43.8 Å². The van der Waals surface area contributed by atoms with Crippen LogP contribution < -0.4 is 10.1 Å². The number of hydrogen-bond donors (Lipinski definition) is 1. The van der Waals surface area contributed by atoms with Crippen LogP contribution in [0.5, 0.6) is 5.75 Å². The Morgan fingerprint density at radius 3 is 2.29 bits per heavy atom. The first-order valence-corrected chi connectivity index (χ1v) is 9.74. The number of amides is 1. The van der Waals surface area contributed by atoms with Crippen molar-refractivity contribution in [2.24, 2.45) is 0 Å². The van der Waals surface area contributed by atoms with Gasteiger partial charge in [0.05, 0.1) is 15.7 Å². The third-order valence-electron chi connectivity index (χ3n) is 3.27. The molecular weight excluding hydrogens is 551 g/mol. The molecule has 0 bridgehead atoms. The first-order chi connectivity index (χ1) is 11.2. The lowest BCUT2D eigenvalue weighted by atomic mass is 10.1. The lowest BCUT2D eigenvalue weighted by Gasteiger charge is -2.15. The predicted octanol–water partition coefficient (Wildman–Crippen LogP) is 6.65. The van der Waals surface area contributed by atoms with Crippen molar-refractivity contribution in [3.63, 3.8) is 0 Å². The monoisotopic (exact) mass is 561 g/mol. The van der Waals surface area contributed by atoms with E-state index in [1.54, 1.807) is 19.9 Å². The van der Waals surface area contributed by atoms with E-state index >= 15 is 0 Å². The fourth-order valence-corrected chi connectivity index (χ4v) is 4.21. The Bertz CT molecular complexity index is 785. The molecule has 0 atom stereocenters. The van der Waals surface area contributed by atoms with Crippen molar-refractivity contribution in [2.45, 2.75) is 13.8 Å². The standard InChI is InChI=1S/C16H12BrCl3INO2/c1-7-13(18)8(2)15(20)16(14(7)19)24-6-12(23)22-11-4-3-9(17)5-10(11)21/h3-5H,6H2,1-2H3,(H,22,23). The summed E-state index contributed by atoms with van der Waals surface area (Å²) >= 11 is 24.1. The van der Waals surface area contributed by atoms with E-state index in [4.69, 9.17) is 39.5 Å². The minimum atomic E-state index is -0.312. The lowest BCUT2D eigenvalue weighted by Crippen LogP contribution is -2.21. The minimum absolute atomic E-state index is 0.216. The number of carbonyl (C=O) groups excluding carboxylic acids is 1. The first-order valence-electron chi connectivity index (χ1n) is 6.73. The van der Waals surface area contributed by atoms with Gasteiger partial charge in [-0.05, 0) is 65.8 Å². The fourth-order valence-electron chi connectivity index (χ4n) is 1.95. The number of hydrogen-bond acceptors (Lipinski definition) is 2. The molecule has 2 aromatic carbocycles. The summed E-state index contributed by atoms with van der Waals surface area (Å²) in [6.07, 6.45) is 0. The van der Waals surface area contributed by atoms with Gasteiger partial charge in [-0.15, -0.1) is 0 Å². The van der Waals surface area contributed by atoms with Gasteiger partial charge in [0.15, 0.2) is 12.4 Å². The maximum Gasteiger partial charge on any atom is 0.262 e. The Labute approximate surface area is 177 Å². The molecule has 24 heavy (non-hydrogen) atoms. The summed E-state index contributed by atoms with van der Waals surface area (Å²) in [7, 11) is 0. The molecule has 0 radical (unpaired) electrons. The summed E-state index contributed by atoms with van der Waals surface area (Å²) in [5, 5.41) is 3.89. The smallest absolute Gasteiger partial charge is 0.262 e. The highest BCUT2D eigenvalue weighted by atomic mass is 127. The minimum Gasteiger partial charge on any atom is -0.481 e. The predicted molar refractivity (Wildman–Crippen MR) is 112 cm³/mol. The van der Waals surface area contributed by atoms with E-state index in [0.29, 0.717) is 31.9 Å². The van der Waals surface area contributed by atoms with Crippen LogP contribution >= 0.6 is 73.3 Å². The third kappa shape index (κ3) is 4.49. The molecular formula is C16H12BrCl3INO2. The van der Waals surface area contributed by atoms with E-state index in [-0.39, 0.29) is 18.3 Å². The molecule has 1 amide bonds. The van der Waals surface area contributed by atoms with E-state index in [1.165, 1.54) is 0 Å². The quantitative estimate of drug-likeness (QED) is 0.424. The average Bonchev–Trinajstić information content (AvgIpc) is 2.53. The Morgan fingerprint density at radius 1 is 1.17 bits per heavy atom. The van der Waals surface area contributed by atoms with Gasteiger partial charge in [0.1, 0.15) is 0 Å². The Balaban J connectivity index is 2.12. The molecule has 0 aliphatic carbocycles. The highest BCUT2D eigenvalue weighted by Gasteiger charge is 2.18. The van der Waals surface area contributed by atoms with Crippen LogP contribution in [0.1, 0.15) is 11.1 Å². The molecule has 0 saturated carbocycles. The molecule has 0 spiro atoms. The van der Waals surface area contributed by atoms with Crippen LogP contribution in [0, 0.1) is 17.4 Å². The maximum absolute atomic E-state index is 12.1. The molecule has 0 fully saturated rings. The van der Waals surface area contributed by atoms with Crippen LogP contribution in [0.2, 0.25) is 15.1 Å².